The van der Waals surface area contributed by atoms with Crippen LogP contribution in [0.15, 0.2) is 48.5 Å². The van der Waals surface area contributed by atoms with Crippen LogP contribution in [0.5, 0.6) is 0 Å². The molecular weight excluding hydrogens is 324 g/mol. The Labute approximate surface area is 156 Å². The van der Waals surface area contributed by atoms with Crippen LogP contribution in [0.4, 0.5) is 11.4 Å². The van der Waals surface area contributed by atoms with Gasteiger partial charge in [-0.25, -0.2) is 0 Å². The molecule has 0 aliphatic heterocycles. The molecule has 0 fully saturated rings. The zero-order chi connectivity index (χ0) is 19.3. The predicted molar refractivity (Wildman–Crippen MR) is 108 cm³/mol. The number of carbonyl (C=O) groups is 2. The summed E-state index contributed by atoms with van der Waals surface area (Å²) in [5.74, 6) is -0.663. The molecule has 2 aromatic carbocycles. The van der Waals surface area contributed by atoms with E-state index in [1.807, 2.05) is 55.5 Å². The molecule has 4 heteroatoms. The second-order valence-corrected chi connectivity index (χ2v) is 6.96. The Morgan fingerprint density at radius 3 is 1.88 bits per heavy atom. The third kappa shape index (κ3) is 4.31. The molecule has 1 N–H and O–H groups in total. The highest BCUT2D eigenvalue weighted by Crippen LogP contribution is 2.32. The van der Waals surface area contributed by atoms with Crippen LogP contribution in [-0.4, -0.2) is 18.4 Å². The van der Waals surface area contributed by atoms with Crippen molar-refractivity contribution in [2.75, 3.05) is 16.8 Å². The van der Waals surface area contributed by atoms with Crippen molar-refractivity contribution in [3.05, 3.63) is 59.7 Å². The molecule has 0 heterocycles. The number of carbonyl (C=O) groups excluding carboxylic acids is 2. The standard InChI is InChI=1S/C22H28N2O2/c1-6-24(17-11-8-7-9-12-17)22(26)21(25)23-20-18(15(2)3)13-10-14-19(20)16(4)5/h7-16H,6H2,1-5H3,(H,23,25). The molecule has 0 unspecified atom stereocenters. The fraction of sp³-hybridized carbons (Fsp3) is 0.364. The smallest absolute Gasteiger partial charge is 0.316 e. The Bertz CT molecular complexity index is 741. The van der Waals surface area contributed by atoms with Crippen LogP contribution in [0, 0.1) is 0 Å². The lowest BCUT2D eigenvalue weighted by atomic mass is 9.92. The number of amides is 2. The van der Waals surface area contributed by atoms with Crippen molar-refractivity contribution < 1.29 is 9.59 Å². The molecule has 2 aromatic rings. The van der Waals surface area contributed by atoms with Crippen molar-refractivity contribution in [2.45, 2.75) is 46.5 Å². The number of hydrogen-bond acceptors (Lipinski definition) is 2. The highest BCUT2D eigenvalue weighted by Gasteiger charge is 2.24. The van der Waals surface area contributed by atoms with E-state index >= 15 is 0 Å². The predicted octanol–water partition coefficient (Wildman–Crippen LogP) is 4.93. The van der Waals surface area contributed by atoms with Gasteiger partial charge in [0.15, 0.2) is 0 Å². The third-order valence-electron chi connectivity index (χ3n) is 4.43. The van der Waals surface area contributed by atoms with Crippen LogP contribution < -0.4 is 10.2 Å². The van der Waals surface area contributed by atoms with Gasteiger partial charge in [0.05, 0.1) is 0 Å². The van der Waals surface area contributed by atoms with Gasteiger partial charge >= 0.3 is 11.8 Å². The van der Waals surface area contributed by atoms with Gasteiger partial charge in [0.1, 0.15) is 0 Å². The topological polar surface area (TPSA) is 49.4 Å². The first-order valence-corrected chi connectivity index (χ1v) is 9.17. The van der Waals surface area contributed by atoms with E-state index in [-0.39, 0.29) is 11.8 Å². The van der Waals surface area contributed by atoms with Gasteiger partial charge in [-0.15, -0.1) is 0 Å². The van der Waals surface area contributed by atoms with Crippen LogP contribution in [0.2, 0.25) is 0 Å². The summed E-state index contributed by atoms with van der Waals surface area (Å²) in [6, 6.07) is 15.3. The first-order chi connectivity index (χ1) is 12.4. The molecule has 2 rings (SSSR count). The minimum atomic E-state index is -0.606. The van der Waals surface area contributed by atoms with Crippen molar-refractivity contribution in [3.63, 3.8) is 0 Å². The van der Waals surface area contributed by atoms with E-state index in [1.165, 1.54) is 4.90 Å². The molecule has 0 atom stereocenters. The number of likely N-dealkylation sites (N-methyl/N-ethyl adjacent to an activating group) is 1. The van der Waals surface area contributed by atoms with Gasteiger partial charge in [-0.05, 0) is 42.0 Å². The first-order valence-electron chi connectivity index (χ1n) is 9.17. The Hall–Kier alpha value is -2.62. The molecule has 0 spiro atoms. The Balaban J connectivity index is 2.33. The Morgan fingerprint density at radius 1 is 0.885 bits per heavy atom. The van der Waals surface area contributed by atoms with E-state index < -0.39 is 11.8 Å². The summed E-state index contributed by atoms with van der Waals surface area (Å²) < 4.78 is 0. The molecule has 138 valence electrons. The maximum absolute atomic E-state index is 12.8. The largest absolute Gasteiger partial charge is 0.317 e. The fourth-order valence-electron chi connectivity index (χ4n) is 3.04. The summed E-state index contributed by atoms with van der Waals surface area (Å²) in [6.07, 6.45) is 0. The molecule has 2 amide bonds. The Kier molecular flexibility index (Phi) is 6.56. The normalized spacial score (nSPS) is 10.9. The average Bonchev–Trinajstić information content (AvgIpc) is 2.62. The summed E-state index contributed by atoms with van der Waals surface area (Å²) in [5, 5.41) is 2.90. The molecule has 26 heavy (non-hydrogen) atoms. The second-order valence-electron chi connectivity index (χ2n) is 6.96. The van der Waals surface area contributed by atoms with Crippen molar-refractivity contribution in [1.82, 2.24) is 0 Å². The van der Waals surface area contributed by atoms with Gasteiger partial charge in [-0.3, -0.25) is 9.59 Å². The summed E-state index contributed by atoms with van der Waals surface area (Å²) in [4.78, 5) is 27.0. The highest BCUT2D eigenvalue weighted by atomic mass is 16.2. The lowest BCUT2D eigenvalue weighted by Crippen LogP contribution is -2.40. The van der Waals surface area contributed by atoms with E-state index in [9.17, 15) is 9.59 Å². The summed E-state index contributed by atoms with van der Waals surface area (Å²) in [5.41, 5.74) is 3.57. The number of hydrogen-bond donors (Lipinski definition) is 1. The molecule has 0 aliphatic carbocycles. The van der Waals surface area contributed by atoms with Crippen LogP contribution in [-0.2, 0) is 9.59 Å². The molecule has 0 saturated carbocycles. The molecule has 0 aliphatic rings. The molecular formula is C22H28N2O2. The van der Waals surface area contributed by atoms with Gasteiger partial charge < -0.3 is 10.2 Å². The maximum atomic E-state index is 12.8. The summed E-state index contributed by atoms with van der Waals surface area (Å²) in [7, 11) is 0. The zero-order valence-corrected chi connectivity index (χ0v) is 16.2. The van der Waals surface area contributed by atoms with E-state index in [1.54, 1.807) is 0 Å². The van der Waals surface area contributed by atoms with Crippen molar-refractivity contribution in [3.8, 4) is 0 Å². The van der Waals surface area contributed by atoms with Gasteiger partial charge in [0.2, 0.25) is 0 Å². The number of rotatable bonds is 5. The van der Waals surface area contributed by atoms with Crippen LogP contribution >= 0.6 is 0 Å². The lowest BCUT2D eigenvalue weighted by molar-refractivity contribution is -0.134. The number of nitrogens with zero attached hydrogens (tertiary/aromatic N) is 1. The molecule has 0 bridgehead atoms. The Morgan fingerprint density at radius 2 is 1.42 bits per heavy atom. The van der Waals surface area contributed by atoms with E-state index in [0.717, 1.165) is 22.5 Å². The van der Waals surface area contributed by atoms with Crippen LogP contribution in [0.3, 0.4) is 0 Å². The summed E-state index contributed by atoms with van der Waals surface area (Å²) >= 11 is 0. The minimum Gasteiger partial charge on any atom is -0.317 e. The molecule has 0 saturated heterocycles. The van der Waals surface area contributed by atoms with Gasteiger partial charge in [0.25, 0.3) is 0 Å². The molecule has 4 nitrogen and oxygen atoms in total. The number of nitrogens with one attached hydrogen (secondary N) is 1. The summed E-state index contributed by atoms with van der Waals surface area (Å²) in [6.45, 7) is 10.6. The average molecular weight is 352 g/mol. The second kappa shape index (κ2) is 8.65. The minimum absolute atomic E-state index is 0.246. The van der Waals surface area contributed by atoms with Crippen LogP contribution in [0.25, 0.3) is 0 Å². The van der Waals surface area contributed by atoms with Crippen molar-refractivity contribution in [2.24, 2.45) is 0 Å². The van der Waals surface area contributed by atoms with Crippen LogP contribution in [0.1, 0.15) is 57.6 Å². The first kappa shape index (κ1) is 19.7. The third-order valence-corrected chi connectivity index (χ3v) is 4.43. The zero-order valence-electron chi connectivity index (χ0n) is 16.2. The monoisotopic (exact) mass is 352 g/mol. The van der Waals surface area contributed by atoms with Crippen molar-refractivity contribution >= 4 is 23.2 Å². The number of anilines is 2. The lowest BCUT2D eigenvalue weighted by Gasteiger charge is -2.23. The molecule has 0 aromatic heterocycles. The van der Waals surface area contributed by atoms with Gasteiger partial charge in [0, 0.05) is 17.9 Å². The quantitative estimate of drug-likeness (QED) is 0.776. The van der Waals surface area contributed by atoms with E-state index in [2.05, 4.69) is 33.0 Å². The van der Waals surface area contributed by atoms with Gasteiger partial charge in [-0.2, -0.15) is 0 Å². The van der Waals surface area contributed by atoms with E-state index in [0.29, 0.717) is 6.54 Å². The number of benzene rings is 2. The number of para-hydroxylation sites is 2. The van der Waals surface area contributed by atoms with Gasteiger partial charge in [-0.1, -0.05) is 64.1 Å². The van der Waals surface area contributed by atoms with Crippen molar-refractivity contribution in [1.29, 1.82) is 0 Å². The SMILES string of the molecule is CCN(C(=O)C(=O)Nc1c(C(C)C)cccc1C(C)C)c1ccccc1. The fourth-order valence-corrected chi connectivity index (χ4v) is 3.04. The van der Waals surface area contributed by atoms with E-state index in [4.69, 9.17) is 0 Å². The highest BCUT2D eigenvalue weighted by molar-refractivity contribution is 6.44. The molecule has 0 radical (unpaired) electrons. The maximum Gasteiger partial charge on any atom is 0.316 e.